The second-order valence-electron chi connectivity index (χ2n) is 5.88. The molecule has 1 heterocycles. The molecule has 7 nitrogen and oxygen atoms in total. The Bertz CT molecular complexity index is 1010. The van der Waals surface area contributed by atoms with Gasteiger partial charge >= 0.3 is 0 Å². The number of nitrogens with zero attached hydrogens (tertiary/aromatic N) is 1. The molecule has 150 valence electrons. The van der Waals surface area contributed by atoms with Crippen LogP contribution in [-0.4, -0.2) is 37.0 Å². The maximum Gasteiger partial charge on any atom is 0.270 e. The van der Waals surface area contributed by atoms with E-state index in [1.807, 2.05) is 0 Å². The van der Waals surface area contributed by atoms with Gasteiger partial charge in [-0.3, -0.25) is 14.5 Å². The maximum absolute atomic E-state index is 12.9. The van der Waals surface area contributed by atoms with Crippen molar-refractivity contribution < 1.29 is 23.8 Å². The number of nitrogens with two attached hydrogens (primary N) is 1. The van der Waals surface area contributed by atoms with Crippen molar-refractivity contribution in [2.45, 2.75) is 0 Å². The quantitative estimate of drug-likeness (QED) is 0.533. The van der Waals surface area contributed by atoms with Crippen LogP contribution in [0.5, 0.6) is 17.2 Å². The molecule has 0 saturated carbocycles. The number of carbonyl (C=O) groups is 2. The number of ether oxygens (including phenoxy) is 3. The van der Waals surface area contributed by atoms with Crippen molar-refractivity contribution in [3.63, 3.8) is 0 Å². The predicted molar refractivity (Wildman–Crippen MR) is 116 cm³/mol. The summed E-state index contributed by atoms with van der Waals surface area (Å²) >= 11 is 6.61. The number of hydrogen-bond donors (Lipinski definition) is 1. The van der Waals surface area contributed by atoms with E-state index < -0.39 is 5.91 Å². The van der Waals surface area contributed by atoms with Gasteiger partial charge < -0.3 is 19.9 Å². The molecule has 0 aliphatic carbocycles. The molecule has 0 atom stereocenters. The number of amides is 2. The van der Waals surface area contributed by atoms with E-state index in [0.29, 0.717) is 32.2 Å². The van der Waals surface area contributed by atoms with Crippen LogP contribution in [0.1, 0.15) is 5.56 Å². The Morgan fingerprint density at radius 1 is 1.17 bits per heavy atom. The van der Waals surface area contributed by atoms with Crippen LogP contribution in [0.4, 0.5) is 5.69 Å². The standard InChI is InChI=1S/C20H18N2O5S2/c1-25-14-5-3-4-13(10-14)22-19(24)17(29-20(22)28)9-12-6-7-15(16(8-12)26-2)27-11-18(21)23/h3-10H,11H2,1-2H3,(H2,21,23). The van der Waals surface area contributed by atoms with Crippen LogP contribution < -0.4 is 24.8 Å². The number of carbonyl (C=O) groups excluding carboxylic acids is 2. The first kappa shape index (κ1) is 20.7. The monoisotopic (exact) mass is 430 g/mol. The summed E-state index contributed by atoms with van der Waals surface area (Å²) < 4.78 is 16.3. The normalized spacial score (nSPS) is 15.0. The molecule has 0 unspecified atom stereocenters. The first-order valence-corrected chi connectivity index (χ1v) is 9.66. The Morgan fingerprint density at radius 2 is 1.97 bits per heavy atom. The van der Waals surface area contributed by atoms with Crippen LogP contribution in [0.15, 0.2) is 47.4 Å². The number of thiocarbonyl (C=S) groups is 1. The number of benzene rings is 2. The molecule has 1 saturated heterocycles. The minimum absolute atomic E-state index is 0.221. The van der Waals surface area contributed by atoms with E-state index in [-0.39, 0.29) is 12.5 Å². The number of hydrogen-bond acceptors (Lipinski definition) is 7. The van der Waals surface area contributed by atoms with Crippen LogP contribution in [0.2, 0.25) is 0 Å². The second kappa shape index (κ2) is 8.97. The van der Waals surface area contributed by atoms with Crippen molar-refractivity contribution in [1.29, 1.82) is 0 Å². The first-order chi connectivity index (χ1) is 13.9. The lowest BCUT2D eigenvalue weighted by Gasteiger charge is -2.15. The summed E-state index contributed by atoms with van der Waals surface area (Å²) in [6.07, 6.45) is 1.72. The van der Waals surface area contributed by atoms with Crippen LogP contribution in [0.3, 0.4) is 0 Å². The van der Waals surface area contributed by atoms with E-state index in [9.17, 15) is 9.59 Å². The average molecular weight is 431 g/mol. The zero-order valence-corrected chi connectivity index (χ0v) is 17.3. The lowest BCUT2D eigenvalue weighted by molar-refractivity contribution is -0.120. The molecule has 0 aromatic heterocycles. The van der Waals surface area contributed by atoms with Gasteiger partial charge in [-0.2, -0.15) is 0 Å². The van der Waals surface area contributed by atoms with Crippen molar-refractivity contribution in [2.75, 3.05) is 25.7 Å². The summed E-state index contributed by atoms with van der Waals surface area (Å²) in [6, 6.07) is 12.2. The Balaban J connectivity index is 1.86. The highest BCUT2D eigenvalue weighted by atomic mass is 32.2. The summed E-state index contributed by atoms with van der Waals surface area (Å²) in [4.78, 5) is 25.8. The fourth-order valence-electron chi connectivity index (χ4n) is 2.63. The zero-order valence-electron chi connectivity index (χ0n) is 15.7. The third-order valence-electron chi connectivity index (χ3n) is 3.96. The Labute approximate surface area is 177 Å². The molecule has 2 aromatic rings. The third-order valence-corrected chi connectivity index (χ3v) is 5.26. The molecule has 0 radical (unpaired) electrons. The highest BCUT2D eigenvalue weighted by Crippen LogP contribution is 2.38. The molecule has 9 heteroatoms. The Kier molecular flexibility index (Phi) is 6.40. The van der Waals surface area contributed by atoms with Gasteiger partial charge in [-0.25, -0.2) is 0 Å². The predicted octanol–water partition coefficient (Wildman–Crippen LogP) is 2.97. The van der Waals surface area contributed by atoms with Gasteiger partial charge in [0, 0.05) is 6.07 Å². The van der Waals surface area contributed by atoms with E-state index in [2.05, 4.69) is 0 Å². The SMILES string of the molecule is COc1cccc(N2C(=O)C(=Cc3ccc(OCC(N)=O)c(OC)c3)SC2=S)c1. The number of methoxy groups -OCH3 is 2. The lowest BCUT2D eigenvalue weighted by Crippen LogP contribution is -2.27. The van der Waals surface area contributed by atoms with Crippen molar-refractivity contribution in [2.24, 2.45) is 5.73 Å². The molecule has 3 rings (SSSR count). The number of primary amides is 1. The highest BCUT2D eigenvalue weighted by Gasteiger charge is 2.33. The molecule has 1 aliphatic heterocycles. The molecule has 1 aliphatic rings. The zero-order chi connectivity index (χ0) is 21.0. The van der Waals surface area contributed by atoms with Crippen LogP contribution >= 0.6 is 24.0 Å². The summed E-state index contributed by atoms with van der Waals surface area (Å²) in [7, 11) is 3.05. The van der Waals surface area contributed by atoms with Gasteiger partial charge in [-0.05, 0) is 35.9 Å². The van der Waals surface area contributed by atoms with Crippen molar-refractivity contribution in [1.82, 2.24) is 0 Å². The topological polar surface area (TPSA) is 91.1 Å². The van der Waals surface area contributed by atoms with E-state index in [4.69, 9.17) is 32.2 Å². The molecule has 29 heavy (non-hydrogen) atoms. The Morgan fingerprint density at radius 3 is 2.66 bits per heavy atom. The van der Waals surface area contributed by atoms with Gasteiger partial charge in [0.05, 0.1) is 24.8 Å². The largest absolute Gasteiger partial charge is 0.497 e. The summed E-state index contributed by atoms with van der Waals surface area (Å²) in [5.74, 6) is 0.631. The maximum atomic E-state index is 12.9. The smallest absolute Gasteiger partial charge is 0.270 e. The summed E-state index contributed by atoms with van der Waals surface area (Å²) in [6.45, 7) is -0.255. The molecule has 2 aromatic carbocycles. The Hall–Kier alpha value is -3.04. The molecule has 0 spiro atoms. The lowest BCUT2D eigenvalue weighted by atomic mass is 10.1. The van der Waals surface area contributed by atoms with E-state index in [1.165, 1.54) is 23.8 Å². The molecule has 0 bridgehead atoms. The molecular formula is C20H18N2O5S2. The van der Waals surface area contributed by atoms with Crippen LogP contribution in [0.25, 0.3) is 6.08 Å². The third kappa shape index (κ3) is 4.69. The van der Waals surface area contributed by atoms with E-state index >= 15 is 0 Å². The molecular weight excluding hydrogens is 412 g/mol. The van der Waals surface area contributed by atoms with Gasteiger partial charge in [-0.1, -0.05) is 36.1 Å². The van der Waals surface area contributed by atoms with Crippen LogP contribution in [-0.2, 0) is 9.59 Å². The minimum atomic E-state index is -0.586. The van der Waals surface area contributed by atoms with E-state index in [1.54, 1.807) is 55.7 Å². The highest BCUT2D eigenvalue weighted by molar-refractivity contribution is 8.27. The number of rotatable bonds is 7. The summed E-state index contributed by atoms with van der Waals surface area (Å²) in [5.41, 5.74) is 6.46. The van der Waals surface area contributed by atoms with Crippen LogP contribution in [0, 0.1) is 0 Å². The molecule has 2 N–H and O–H groups in total. The number of anilines is 1. The summed E-state index contributed by atoms with van der Waals surface area (Å²) in [5, 5.41) is 0. The second-order valence-corrected chi connectivity index (χ2v) is 7.56. The van der Waals surface area contributed by atoms with E-state index in [0.717, 1.165) is 5.56 Å². The number of thioether (sulfide) groups is 1. The average Bonchev–Trinajstić information content (AvgIpc) is 2.99. The molecule has 1 fully saturated rings. The van der Waals surface area contributed by atoms with Crippen molar-refractivity contribution in [3.05, 3.63) is 52.9 Å². The van der Waals surface area contributed by atoms with Gasteiger partial charge in [0.2, 0.25) is 0 Å². The van der Waals surface area contributed by atoms with Gasteiger partial charge in [-0.15, -0.1) is 0 Å². The first-order valence-electron chi connectivity index (χ1n) is 8.44. The van der Waals surface area contributed by atoms with Crippen molar-refractivity contribution >= 4 is 51.9 Å². The van der Waals surface area contributed by atoms with Crippen molar-refractivity contribution in [3.8, 4) is 17.2 Å². The molecule has 2 amide bonds. The van der Waals surface area contributed by atoms with Gasteiger partial charge in [0.25, 0.3) is 11.8 Å². The van der Waals surface area contributed by atoms with Gasteiger partial charge in [0.15, 0.2) is 22.4 Å². The van der Waals surface area contributed by atoms with Gasteiger partial charge in [0.1, 0.15) is 5.75 Å². The minimum Gasteiger partial charge on any atom is -0.497 e. The fourth-order valence-corrected chi connectivity index (χ4v) is 3.93. The fraction of sp³-hybridized carbons (Fsp3) is 0.150.